The molecule has 0 radical (unpaired) electrons. The summed E-state index contributed by atoms with van der Waals surface area (Å²) in [5, 5.41) is 39.1. The van der Waals surface area contributed by atoms with Crippen LogP contribution in [0.5, 0.6) is 0 Å². The Kier molecular flexibility index (Phi) is 44.4. The maximum absolute atomic E-state index is 11.7. The molecule has 0 fully saturated rings. The number of carboxylic acid groups (broad SMARTS) is 1. The van der Waals surface area contributed by atoms with E-state index in [9.17, 15) is 20.1 Å². The molecule has 346 valence electrons. The molecular weight excluding hydrogens is 735 g/mol. The first-order valence-corrected chi connectivity index (χ1v) is 25.1. The molecule has 0 saturated heterocycles. The molecule has 0 rings (SSSR count). The Labute approximate surface area is 365 Å². The fourth-order valence-electron chi connectivity index (χ4n) is 7.56. The quantitative estimate of drug-likeness (QED) is 0.0275. The summed E-state index contributed by atoms with van der Waals surface area (Å²) >= 11 is 0. The van der Waals surface area contributed by atoms with Gasteiger partial charge in [0, 0.05) is 25.8 Å². The molecule has 59 heavy (non-hydrogen) atoms. The Morgan fingerprint density at radius 1 is 0.508 bits per heavy atom. The Morgan fingerprint density at radius 3 is 1.34 bits per heavy atom. The van der Waals surface area contributed by atoms with Crippen LogP contribution in [0.15, 0.2) is 48.6 Å². The number of allylic oxidation sites excluding steroid dienone is 8. The van der Waals surface area contributed by atoms with Gasteiger partial charge in [0.1, 0.15) is 0 Å². The number of aliphatic carboxylic acids is 1. The molecule has 0 amide bonds. The Hall–Kier alpha value is -1.77. The molecule has 0 bridgehead atoms. The third-order valence-electron chi connectivity index (χ3n) is 11.3. The van der Waals surface area contributed by atoms with Crippen molar-refractivity contribution < 1.29 is 30.0 Å². The summed E-state index contributed by atoms with van der Waals surface area (Å²) in [5.41, 5.74) is 0. The normalized spacial score (nSPS) is 13.5. The second-order valence-corrected chi connectivity index (χ2v) is 17.2. The smallest absolute Gasteiger partial charge is 0.303 e. The Balaban J connectivity index is 4.70. The van der Waals surface area contributed by atoms with Crippen molar-refractivity contribution >= 4 is 5.97 Å². The zero-order valence-electron chi connectivity index (χ0n) is 38.8. The van der Waals surface area contributed by atoms with Crippen LogP contribution in [0, 0.1) is 0 Å². The standard InChI is InChI=1S/C52H97NO6/c1-3-5-7-9-11-13-15-17-19-21-23-25-27-29-31-37-44-52(58,45-38-32-30-28-26-24-22-20-18-16-14-12-10-8-6-4-2)59-49-41-48-53(46-39-33-35-42-50(54)55)47-40-34-36-43-51(56)57/h11-14,17-20,50,54-55,58H,3-10,15-16,21-49H2,1-2H3,(H,56,57). The van der Waals surface area contributed by atoms with E-state index in [1.807, 2.05) is 0 Å². The lowest BCUT2D eigenvalue weighted by Gasteiger charge is -2.30. The topological polar surface area (TPSA) is 110 Å². The minimum atomic E-state index is -1.23. The van der Waals surface area contributed by atoms with Gasteiger partial charge in [-0.3, -0.25) is 4.79 Å². The summed E-state index contributed by atoms with van der Waals surface area (Å²) < 4.78 is 6.35. The van der Waals surface area contributed by atoms with Gasteiger partial charge in [-0.25, -0.2) is 0 Å². The summed E-state index contributed by atoms with van der Waals surface area (Å²) in [4.78, 5) is 13.4. The van der Waals surface area contributed by atoms with Gasteiger partial charge < -0.3 is 30.1 Å². The van der Waals surface area contributed by atoms with Crippen molar-refractivity contribution in [2.24, 2.45) is 0 Å². The second kappa shape index (κ2) is 45.7. The lowest BCUT2D eigenvalue weighted by molar-refractivity contribution is -0.214. The molecule has 0 unspecified atom stereocenters. The fourth-order valence-corrected chi connectivity index (χ4v) is 7.56. The minimum absolute atomic E-state index is 0.222. The van der Waals surface area contributed by atoms with E-state index in [1.165, 1.54) is 116 Å². The predicted molar refractivity (Wildman–Crippen MR) is 253 cm³/mol. The summed E-state index contributed by atoms with van der Waals surface area (Å²) in [7, 11) is 0. The number of carbonyl (C=O) groups is 1. The van der Waals surface area contributed by atoms with Gasteiger partial charge in [0.25, 0.3) is 0 Å². The first-order chi connectivity index (χ1) is 28.8. The van der Waals surface area contributed by atoms with E-state index >= 15 is 0 Å². The Bertz CT molecular complexity index is 944. The maximum Gasteiger partial charge on any atom is 0.303 e. The van der Waals surface area contributed by atoms with E-state index in [2.05, 4.69) is 67.4 Å². The van der Waals surface area contributed by atoms with Crippen molar-refractivity contribution in [3.05, 3.63) is 48.6 Å². The number of ether oxygens (including phenoxy) is 1. The van der Waals surface area contributed by atoms with Crippen LogP contribution < -0.4 is 0 Å². The Morgan fingerprint density at radius 2 is 0.898 bits per heavy atom. The van der Waals surface area contributed by atoms with Crippen molar-refractivity contribution in [2.45, 2.75) is 251 Å². The molecule has 0 aromatic heterocycles. The molecule has 7 nitrogen and oxygen atoms in total. The van der Waals surface area contributed by atoms with E-state index in [1.54, 1.807) is 0 Å². The monoisotopic (exact) mass is 832 g/mol. The molecule has 0 saturated carbocycles. The van der Waals surface area contributed by atoms with Crippen LogP contribution in [0.25, 0.3) is 0 Å². The van der Waals surface area contributed by atoms with Gasteiger partial charge in [-0.15, -0.1) is 0 Å². The third-order valence-corrected chi connectivity index (χ3v) is 11.3. The number of nitrogens with zero attached hydrogens (tertiary/aromatic N) is 1. The zero-order chi connectivity index (χ0) is 43.2. The van der Waals surface area contributed by atoms with E-state index in [0.29, 0.717) is 32.3 Å². The number of hydrogen-bond acceptors (Lipinski definition) is 6. The summed E-state index contributed by atoms with van der Waals surface area (Å²) in [6, 6.07) is 0. The number of carboxylic acids is 1. The largest absolute Gasteiger partial charge is 0.481 e. The third kappa shape index (κ3) is 45.6. The van der Waals surface area contributed by atoms with Crippen LogP contribution >= 0.6 is 0 Å². The predicted octanol–water partition coefficient (Wildman–Crippen LogP) is 14.3. The zero-order valence-corrected chi connectivity index (χ0v) is 38.8. The van der Waals surface area contributed by atoms with Crippen LogP contribution in [0.1, 0.15) is 239 Å². The minimum Gasteiger partial charge on any atom is -0.481 e. The van der Waals surface area contributed by atoms with Crippen LogP contribution in [0.2, 0.25) is 0 Å². The van der Waals surface area contributed by atoms with Crippen molar-refractivity contribution in [3.8, 4) is 0 Å². The van der Waals surface area contributed by atoms with Crippen LogP contribution in [0.4, 0.5) is 0 Å². The molecule has 0 aromatic rings. The molecule has 0 spiro atoms. The van der Waals surface area contributed by atoms with Crippen molar-refractivity contribution in [3.63, 3.8) is 0 Å². The highest BCUT2D eigenvalue weighted by molar-refractivity contribution is 5.66. The van der Waals surface area contributed by atoms with Gasteiger partial charge in [0.15, 0.2) is 12.1 Å². The van der Waals surface area contributed by atoms with Gasteiger partial charge in [-0.1, -0.05) is 152 Å². The van der Waals surface area contributed by atoms with Crippen LogP contribution in [-0.4, -0.2) is 69.6 Å². The van der Waals surface area contributed by atoms with Gasteiger partial charge in [-0.05, 0) is 129 Å². The van der Waals surface area contributed by atoms with E-state index in [-0.39, 0.29) is 6.42 Å². The summed E-state index contributed by atoms with van der Waals surface area (Å²) in [6.07, 6.45) is 54.5. The van der Waals surface area contributed by atoms with E-state index < -0.39 is 18.0 Å². The maximum atomic E-state index is 11.7. The highest BCUT2D eigenvalue weighted by atomic mass is 16.6. The van der Waals surface area contributed by atoms with E-state index in [0.717, 1.165) is 96.7 Å². The fraction of sp³-hybridized carbons (Fsp3) is 0.827. The molecule has 0 heterocycles. The molecule has 0 aliphatic carbocycles. The molecule has 0 atom stereocenters. The first kappa shape index (κ1) is 57.2. The van der Waals surface area contributed by atoms with Gasteiger partial charge >= 0.3 is 5.97 Å². The summed E-state index contributed by atoms with van der Waals surface area (Å²) in [6.45, 7) is 7.78. The van der Waals surface area contributed by atoms with Crippen molar-refractivity contribution in [1.82, 2.24) is 4.90 Å². The van der Waals surface area contributed by atoms with Gasteiger partial charge in [0.2, 0.25) is 0 Å². The molecule has 0 aliphatic heterocycles. The number of aliphatic hydroxyl groups excluding tert-OH is 1. The average Bonchev–Trinajstić information content (AvgIpc) is 3.21. The van der Waals surface area contributed by atoms with Crippen LogP contribution in [0.3, 0.4) is 0 Å². The molecule has 4 N–H and O–H groups in total. The van der Waals surface area contributed by atoms with E-state index in [4.69, 9.17) is 9.84 Å². The van der Waals surface area contributed by atoms with Gasteiger partial charge in [0.05, 0.1) is 6.61 Å². The summed E-state index contributed by atoms with van der Waals surface area (Å²) in [5.74, 6) is -1.79. The lowest BCUT2D eigenvalue weighted by Crippen LogP contribution is -2.34. The molecule has 7 heteroatoms. The molecule has 0 aliphatic rings. The first-order valence-electron chi connectivity index (χ1n) is 25.1. The number of hydrogen-bond donors (Lipinski definition) is 4. The highest BCUT2D eigenvalue weighted by Gasteiger charge is 2.26. The average molecular weight is 832 g/mol. The molecule has 0 aromatic carbocycles. The highest BCUT2D eigenvalue weighted by Crippen LogP contribution is 2.25. The SMILES string of the molecule is CCCCCC=CCC=CCCCCCCCCC(O)(CCCCCCCCC=CCC=CCCCCC)OCCCN(CCCCCC(=O)O)CCCCCC(O)O. The van der Waals surface area contributed by atoms with Crippen LogP contribution in [-0.2, 0) is 9.53 Å². The van der Waals surface area contributed by atoms with Crippen molar-refractivity contribution in [1.29, 1.82) is 0 Å². The van der Waals surface area contributed by atoms with Gasteiger partial charge in [-0.2, -0.15) is 0 Å². The second-order valence-electron chi connectivity index (χ2n) is 17.2. The van der Waals surface area contributed by atoms with Crippen molar-refractivity contribution in [2.75, 3.05) is 26.2 Å². The number of unbranched alkanes of at least 4 members (excludes halogenated alkanes) is 22. The number of aliphatic hydroxyl groups is 3. The lowest BCUT2D eigenvalue weighted by atomic mass is 9.98. The molecular formula is C52H97NO6. The number of rotatable bonds is 47.